The molecule has 1 atom stereocenters. The van der Waals surface area contributed by atoms with Crippen molar-refractivity contribution in [3.8, 4) is 11.3 Å². The van der Waals surface area contributed by atoms with Crippen LogP contribution in [-0.4, -0.2) is 9.97 Å². The Balaban J connectivity index is 1.60. The molecule has 0 radical (unpaired) electrons. The van der Waals surface area contributed by atoms with Gasteiger partial charge in [-0.05, 0) is 29.0 Å². The van der Waals surface area contributed by atoms with Crippen molar-refractivity contribution in [3.63, 3.8) is 0 Å². The van der Waals surface area contributed by atoms with Gasteiger partial charge < -0.3 is 10.3 Å². The molecule has 0 amide bonds. The maximum atomic E-state index is 4.56. The minimum absolute atomic E-state index is 0.275. The highest BCUT2D eigenvalue weighted by Crippen LogP contribution is 2.26. The first-order valence-corrected chi connectivity index (χ1v) is 7.72. The average Bonchev–Trinajstić information content (AvgIpc) is 3.17. The summed E-state index contributed by atoms with van der Waals surface area (Å²) >= 11 is 1.71. The van der Waals surface area contributed by atoms with Gasteiger partial charge in [-0.15, -0.1) is 0 Å². The Bertz CT molecular complexity index is 715. The highest BCUT2D eigenvalue weighted by Gasteiger charge is 2.21. The first-order chi connectivity index (χ1) is 9.90. The van der Waals surface area contributed by atoms with E-state index in [4.69, 9.17) is 0 Å². The lowest BCUT2D eigenvalue weighted by Crippen LogP contribution is -2.29. The smallest absolute Gasteiger partial charge is 0.124 e. The van der Waals surface area contributed by atoms with Gasteiger partial charge in [-0.3, -0.25) is 0 Å². The molecular weight excluding hydrogens is 266 g/mol. The van der Waals surface area contributed by atoms with Gasteiger partial charge in [0.15, 0.2) is 0 Å². The zero-order valence-electron chi connectivity index (χ0n) is 11.0. The highest BCUT2D eigenvalue weighted by molar-refractivity contribution is 7.08. The van der Waals surface area contributed by atoms with Crippen LogP contribution < -0.4 is 5.32 Å². The summed E-state index contributed by atoms with van der Waals surface area (Å²) in [6.45, 7) is 0.912. The highest BCUT2D eigenvalue weighted by atomic mass is 32.1. The van der Waals surface area contributed by atoms with E-state index in [-0.39, 0.29) is 6.04 Å². The van der Waals surface area contributed by atoms with Crippen molar-refractivity contribution in [2.45, 2.75) is 19.0 Å². The van der Waals surface area contributed by atoms with Crippen LogP contribution in [0.15, 0.2) is 47.3 Å². The van der Waals surface area contributed by atoms with Crippen LogP contribution in [0, 0.1) is 0 Å². The summed E-state index contributed by atoms with van der Waals surface area (Å²) in [7, 11) is 0. The fraction of sp³-hybridized carbons (Fsp3) is 0.188. The van der Waals surface area contributed by atoms with Crippen molar-refractivity contribution in [2.24, 2.45) is 0 Å². The van der Waals surface area contributed by atoms with Gasteiger partial charge >= 0.3 is 0 Å². The fourth-order valence-electron chi connectivity index (χ4n) is 2.73. The van der Waals surface area contributed by atoms with Crippen molar-refractivity contribution in [1.82, 2.24) is 15.3 Å². The molecule has 1 aliphatic heterocycles. The third kappa shape index (κ3) is 2.07. The summed E-state index contributed by atoms with van der Waals surface area (Å²) in [5.41, 5.74) is 5.13. The van der Waals surface area contributed by atoms with Gasteiger partial charge in [0.25, 0.3) is 0 Å². The lowest BCUT2D eigenvalue weighted by Gasteiger charge is -2.24. The first-order valence-electron chi connectivity index (χ1n) is 6.78. The predicted molar refractivity (Wildman–Crippen MR) is 81.6 cm³/mol. The molecule has 4 heteroatoms. The molecular formula is C16H15N3S. The molecule has 2 aromatic heterocycles. The molecule has 3 aromatic rings. The van der Waals surface area contributed by atoms with Crippen LogP contribution in [-0.2, 0) is 13.0 Å². The van der Waals surface area contributed by atoms with E-state index in [1.54, 1.807) is 11.3 Å². The fourth-order valence-corrected chi connectivity index (χ4v) is 3.38. The number of imidazole rings is 1. The summed E-state index contributed by atoms with van der Waals surface area (Å²) in [5.74, 6) is 1.03. The quantitative estimate of drug-likeness (QED) is 0.754. The van der Waals surface area contributed by atoms with E-state index in [0.29, 0.717) is 0 Å². The molecule has 2 N–H and O–H groups in total. The van der Waals surface area contributed by atoms with Crippen LogP contribution in [0.4, 0.5) is 0 Å². The van der Waals surface area contributed by atoms with Crippen LogP contribution in [0.5, 0.6) is 0 Å². The molecule has 3 nitrogen and oxygen atoms in total. The minimum atomic E-state index is 0.275. The molecule has 0 saturated carbocycles. The van der Waals surface area contributed by atoms with Crippen LogP contribution in [0.1, 0.15) is 23.0 Å². The zero-order valence-corrected chi connectivity index (χ0v) is 11.8. The summed E-state index contributed by atoms with van der Waals surface area (Å²) < 4.78 is 0. The summed E-state index contributed by atoms with van der Waals surface area (Å²) in [6, 6.07) is 11.0. The SMILES string of the molecule is c1ccc2c(c1)CNC(c1ncc(-c3ccsc3)[nH]1)C2. The lowest BCUT2D eigenvalue weighted by molar-refractivity contribution is 0.480. The zero-order chi connectivity index (χ0) is 13.4. The first kappa shape index (κ1) is 11.9. The van der Waals surface area contributed by atoms with Gasteiger partial charge in [-0.1, -0.05) is 24.3 Å². The van der Waals surface area contributed by atoms with Gasteiger partial charge in [0.1, 0.15) is 5.82 Å². The average molecular weight is 281 g/mol. The van der Waals surface area contributed by atoms with Crippen LogP contribution in [0.2, 0.25) is 0 Å². The number of aromatic amines is 1. The van der Waals surface area contributed by atoms with Gasteiger partial charge in [0.2, 0.25) is 0 Å². The molecule has 0 spiro atoms. The number of hydrogen-bond donors (Lipinski definition) is 2. The van der Waals surface area contributed by atoms with Crippen molar-refractivity contribution in [1.29, 1.82) is 0 Å². The van der Waals surface area contributed by atoms with Gasteiger partial charge in [-0.25, -0.2) is 4.98 Å². The second-order valence-electron chi connectivity index (χ2n) is 5.10. The molecule has 1 unspecified atom stereocenters. The molecule has 0 aliphatic carbocycles. The minimum Gasteiger partial charge on any atom is -0.341 e. The largest absolute Gasteiger partial charge is 0.341 e. The molecule has 1 aliphatic rings. The van der Waals surface area contributed by atoms with Crippen LogP contribution in [0.25, 0.3) is 11.3 Å². The second kappa shape index (κ2) is 4.89. The third-order valence-electron chi connectivity index (χ3n) is 3.84. The number of thiophene rings is 1. The number of nitrogens with one attached hydrogen (secondary N) is 2. The molecule has 100 valence electrons. The topological polar surface area (TPSA) is 40.7 Å². The number of benzene rings is 1. The maximum absolute atomic E-state index is 4.56. The van der Waals surface area contributed by atoms with Crippen LogP contribution >= 0.6 is 11.3 Å². The third-order valence-corrected chi connectivity index (χ3v) is 4.52. The Morgan fingerprint density at radius 1 is 1.15 bits per heavy atom. The van der Waals surface area contributed by atoms with E-state index < -0.39 is 0 Å². The van der Waals surface area contributed by atoms with Crippen molar-refractivity contribution < 1.29 is 0 Å². The molecule has 20 heavy (non-hydrogen) atoms. The number of nitrogens with zero attached hydrogens (tertiary/aromatic N) is 1. The Morgan fingerprint density at radius 2 is 2.05 bits per heavy atom. The molecule has 4 rings (SSSR count). The van der Waals surface area contributed by atoms with E-state index in [1.807, 2.05) is 6.20 Å². The van der Waals surface area contributed by atoms with Crippen molar-refractivity contribution in [3.05, 3.63) is 64.2 Å². The van der Waals surface area contributed by atoms with Gasteiger partial charge in [0.05, 0.1) is 17.9 Å². The molecule has 0 saturated heterocycles. The second-order valence-corrected chi connectivity index (χ2v) is 5.88. The lowest BCUT2D eigenvalue weighted by atomic mass is 9.96. The van der Waals surface area contributed by atoms with Gasteiger partial charge in [-0.2, -0.15) is 11.3 Å². The number of rotatable bonds is 2. The Hall–Kier alpha value is -1.91. The number of H-pyrrole nitrogens is 1. The van der Waals surface area contributed by atoms with Gasteiger partial charge in [0, 0.05) is 17.5 Å². The number of fused-ring (bicyclic) bond motifs is 1. The monoisotopic (exact) mass is 281 g/mol. The molecule has 3 heterocycles. The number of aromatic nitrogens is 2. The Labute approximate surface area is 121 Å². The Morgan fingerprint density at radius 3 is 2.90 bits per heavy atom. The molecule has 0 fully saturated rings. The molecule has 1 aromatic carbocycles. The van der Waals surface area contributed by atoms with E-state index in [9.17, 15) is 0 Å². The standard InChI is InChI=1S/C16H15N3S/c1-2-4-12-8-17-14(7-11(12)3-1)16-18-9-15(19-16)13-5-6-20-10-13/h1-6,9-10,14,17H,7-8H2,(H,18,19). The van der Waals surface area contributed by atoms with Crippen molar-refractivity contribution in [2.75, 3.05) is 0 Å². The Kier molecular flexibility index (Phi) is 2.90. The number of hydrogen-bond acceptors (Lipinski definition) is 3. The van der Waals surface area contributed by atoms with E-state index in [1.165, 1.54) is 16.7 Å². The summed E-state index contributed by atoms with van der Waals surface area (Å²) in [6.07, 6.45) is 2.92. The normalized spacial score (nSPS) is 17.9. The maximum Gasteiger partial charge on any atom is 0.124 e. The summed E-state index contributed by atoms with van der Waals surface area (Å²) in [5, 5.41) is 7.79. The molecule has 0 bridgehead atoms. The van der Waals surface area contributed by atoms with Crippen LogP contribution in [0.3, 0.4) is 0 Å². The van der Waals surface area contributed by atoms with E-state index in [2.05, 4.69) is 56.4 Å². The predicted octanol–water partition coefficient (Wildman–Crippen LogP) is 3.53. The van der Waals surface area contributed by atoms with E-state index in [0.717, 1.165) is 24.5 Å². The van der Waals surface area contributed by atoms with Crippen molar-refractivity contribution >= 4 is 11.3 Å². The van der Waals surface area contributed by atoms with E-state index >= 15 is 0 Å². The summed E-state index contributed by atoms with van der Waals surface area (Å²) in [4.78, 5) is 8.00.